The van der Waals surface area contributed by atoms with Crippen molar-refractivity contribution in [3.63, 3.8) is 0 Å². The molecule has 1 fully saturated rings. The molecule has 0 unspecified atom stereocenters. The van der Waals surface area contributed by atoms with E-state index in [0.29, 0.717) is 19.4 Å². The van der Waals surface area contributed by atoms with Crippen LogP contribution >= 0.6 is 0 Å². The summed E-state index contributed by atoms with van der Waals surface area (Å²) < 4.78 is 12.0. The molecule has 4 amide bonds. The molecule has 0 aromatic heterocycles. The van der Waals surface area contributed by atoms with Crippen LogP contribution in [0.25, 0.3) is 0 Å². The first-order valence-electron chi connectivity index (χ1n) is 20.2. The summed E-state index contributed by atoms with van der Waals surface area (Å²) in [4.78, 5) is 72.5. The molecule has 0 bridgehead atoms. The number of nitrogens with one attached hydrogen (secondary N) is 3. The van der Waals surface area contributed by atoms with Crippen LogP contribution in [-0.2, 0) is 39.9 Å². The lowest BCUT2D eigenvalue weighted by Gasteiger charge is -2.41. The molecule has 3 N–H and O–H groups in total. The zero-order chi connectivity index (χ0) is 41.8. The zero-order valence-corrected chi connectivity index (χ0v) is 36.2. The fourth-order valence-corrected chi connectivity index (χ4v) is 7.93. The standard InChI is InChI=1S/C43H73N5O7/c1-15-28(6)37(47(12)42(53)36(27(4)5)46-41(52)35(44-11)26(2)3)33(54-13)25-34(49)48-23-19-22-32(48)38(55-14)29(7)40(51)45-31(39(50)43(8,9)10)24-30-20-17-16-18-21-30/h16-18,20-21,26-29,31-33,35-38,44H,15,19,22-25H2,1-14H3,(H,45,51)(H,46,52)/t28-,29+,31-,32-,33+,35-,36-,37-,38+/m0/s1. The highest BCUT2D eigenvalue weighted by Gasteiger charge is 2.43. The number of amides is 4. The summed E-state index contributed by atoms with van der Waals surface area (Å²) in [5.74, 6) is -1.83. The molecular formula is C43H73N5O7. The Bertz CT molecular complexity index is 1400. The number of hydrogen-bond acceptors (Lipinski definition) is 8. The van der Waals surface area contributed by atoms with Gasteiger partial charge < -0.3 is 35.2 Å². The van der Waals surface area contributed by atoms with Gasteiger partial charge in [-0.15, -0.1) is 0 Å². The lowest BCUT2D eigenvalue weighted by molar-refractivity contribution is -0.148. The van der Waals surface area contributed by atoms with Gasteiger partial charge in [0.1, 0.15) is 6.04 Å². The quantitative estimate of drug-likeness (QED) is 0.164. The predicted molar refractivity (Wildman–Crippen MR) is 217 cm³/mol. The lowest BCUT2D eigenvalue weighted by Crippen LogP contribution is -2.59. The highest BCUT2D eigenvalue weighted by molar-refractivity contribution is 5.93. The van der Waals surface area contributed by atoms with Crippen molar-refractivity contribution in [2.24, 2.45) is 29.1 Å². The van der Waals surface area contributed by atoms with E-state index in [1.54, 1.807) is 45.0 Å². The molecule has 1 aliphatic rings. The van der Waals surface area contributed by atoms with E-state index in [4.69, 9.17) is 9.47 Å². The molecule has 12 nitrogen and oxygen atoms in total. The normalized spacial score (nSPS) is 19.2. The maximum atomic E-state index is 14.3. The number of nitrogens with zero attached hydrogens (tertiary/aromatic N) is 2. The van der Waals surface area contributed by atoms with Gasteiger partial charge in [-0.25, -0.2) is 0 Å². The van der Waals surface area contributed by atoms with Gasteiger partial charge in [-0.2, -0.15) is 0 Å². The number of likely N-dealkylation sites (N-methyl/N-ethyl adjacent to an activating group) is 2. The number of hydrogen-bond donors (Lipinski definition) is 3. The van der Waals surface area contributed by atoms with Gasteiger partial charge in [0.15, 0.2) is 5.78 Å². The SMILES string of the molecule is CC[C@H](C)[C@@H]([C@@H](CC(=O)N1CCC[C@H]1[C@H](OC)[C@@H](C)C(=O)N[C@@H](Cc1ccccc1)C(=O)C(C)(C)C)OC)N(C)C(=O)[C@@H](NC(=O)[C@@H](NC)C(C)C)C(C)C. The second kappa shape index (κ2) is 21.8. The Morgan fingerprint density at radius 2 is 1.49 bits per heavy atom. The number of carbonyl (C=O) groups is 5. The van der Waals surface area contributed by atoms with Gasteiger partial charge in [-0.3, -0.25) is 24.0 Å². The molecule has 0 radical (unpaired) electrons. The van der Waals surface area contributed by atoms with Gasteiger partial charge in [0.25, 0.3) is 0 Å². The Labute approximate surface area is 331 Å². The van der Waals surface area contributed by atoms with Gasteiger partial charge in [-0.05, 0) is 49.6 Å². The largest absolute Gasteiger partial charge is 0.379 e. The number of carbonyl (C=O) groups excluding carboxylic acids is 5. The van der Waals surface area contributed by atoms with Crippen molar-refractivity contribution in [2.45, 2.75) is 144 Å². The van der Waals surface area contributed by atoms with E-state index < -0.39 is 47.7 Å². The molecule has 2 rings (SSSR count). The fourth-order valence-electron chi connectivity index (χ4n) is 7.93. The van der Waals surface area contributed by atoms with E-state index >= 15 is 0 Å². The van der Waals surface area contributed by atoms with Crippen molar-refractivity contribution in [3.8, 4) is 0 Å². The van der Waals surface area contributed by atoms with Crippen LogP contribution in [0.15, 0.2) is 30.3 Å². The topological polar surface area (TPSA) is 146 Å². The Hall–Kier alpha value is -3.35. The van der Waals surface area contributed by atoms with E-state index in [-0.39, 0.29) is 59.6 Å². The summed E-state index contributed by atoms with van der Waals surface area (Å²) in [5, 5.41) is 9.08. The average Bonchev–Trinajstić information content (AvgIpc) is 3.62. The van der Waals surface area contributed by atoms with Crippen LogP contribution in [0.5, 0.6) is 0 Å². The smallest absolute Gasteiger partial charge is 0.245 e. The molecule has 9 atom stereocenters. The molecule has 0 aliphatic carbocycles. The predicted octanol–water partition coefficient (Wildman–Crippen LogP) is 4.63. The number of Topliss-reactive ketones (excluding diaryl/α,β-unsaturated/α-hetero) is 1. The maximum Gasteiger partial charge on any atom is 0.245 e. The van der Waals surface area contributed by atoms with Crippen molar-refractivity contribution in [2.75, 3.05) is 34.9 Å². The number of likely N-dealkylation sites (tertiary alicyclic amines) is 1. The highest BCUT2D eigenvalue weighted by atomic mass is 16.5. The third-order valence-corrected chi connectivity index (χ3v) is 11.4. The molecule has 1 aromatic carbocycles. The van der Waals surface area contributed by atoms with Crippen molar-refractivity contribution < 1.29 is 33.4 Å². The van der Waals surface area contributed by atoms with Gasteiger partial charge >= 0.3 is 0 Å². The van der Waals surface area contributed by atoms with Crippen LogP contribution < -0.4 is 16.0 Å². The molecule has 1 aliphatic heterocycles. The third-order valence-electron chi connectivity index (χ3n) is 11.4. The van der Waals surface area contributed by atoms with Crippen LogP contribution in [0.3, 0.4) is 0 Å². The summed E-state index contributed by atoms with van der Waals surface area (Å²) in [7, 11) is 6.57. The van der Waals surface area contributed by atoms with E-state index in [1.165, 1.54) is 0 Å². The van der Waals surface area contributed by atoms with E-state index in [9.17, 15) is 24.0 Å². The summed E-state index contributed by atoms with van der Waals surface area (Å²) in [6.45, 7) is 19.6. The second-order valence-corrected chi connectivity index (χ2v) is 17.2. The molecule has 0 saturated carbocycles. The molecule has 55 heavy (non-hydrogen) atoms. The summed E-state index contributed by atoms with van der Waals surface area (Å²) in [6, 6.07) is 6.86. The summed E-state index contributed by atoms with van der Waals surface area (Å²) >= 11 is 0. The van der Waals surface area contributed by atoms with Crippen LogP contribution in [-0.4, -0.2) is 116 Å². The van der Waals surface area contributed by atoms with Crippen molar-refractivity contribution >= 4 is 29.4 Å². The van der Waals surface area contributed by atoms with Crippen LogP contribution in [0.2, 0.25) is 0 Å². The van der Waals surface area contributed by atoms with Crippen molar-refractivity contribution in [3.05, 3.63) is 35.9 Å². The minimum atomic E-state index is -0.768. The molecular weight excluding hydrogens is 699 g/mol. The molecule has 1 aromatic rings. The Morgan fingerprint density at radius 1 is 0.891 bits per heavy atom. The minimum Gasteiger partial charge on any atom is -0.379 e. The first-order valence-corrected chi connectivity index (χ1v) is 20.2. The van der Waals surface area contributed by atoms with Gasteiger partial charge in [-0.1, -0.05) is 106 Å². The van der Waals surface area contributed by atoms with Crippen molar-refractivity contribution in [1.29, 1.82) is 0 Å². The third kappa shape index (κ3) is 12.8. The second-order valence-electron chi connectivity index (χ2n) is 17.2. The first-order chi connectivity index (χ1) is 25.7. The Kier molecular flexibility index (Phi) is 19.0. The summed E-state index contributed by atoms with van der Waals surface area (Å²) in [5.41, 5.74) is 0.282. The number of ether oxygens (including phenoxy) is 2. The molecule has 1 saturated heterocycles. The van der Waals surface area contributed by atoms with Crippen LogP contribution in [0.1, 0.15) is 100 Å². The first kappa shape index (κ1) is 47.8. The fraction of sp³-hybridized carbons (Fsp3) is 0.744. The number of benzene rings is 1. The van der Waals surface area contributed by atoms with Gasteiger partial charge in [0.2, 0.25) is 23.6 Å². The zero-order valence-electron chi connectivity index (χ0n) is 36.2. The van der Waals surface area contributed by atoms with Crippen LogP contribution in [0.4, 0.5) is 0 Å². The monoisotopic (exact) mass is 772 g/mol. The van der Waals surface area contributed by atoms with Gasteiger partial charge in [0, 0.05) is 33.2 Å². The van der Waals surface area contributed by atoms with E-state index in [0.717, 1.165) is 18.4 Å². The number of ketones is 1. The maximum absolute atomic E-state index is 14.3. The Balaban J connectivity index is 2.31. The molecule has 0 spiro atoms. The average molecular weight is 772 g/mol. The Morgan fingerprint density at radius 3 is 1.98 bits per heavy atom. The minimum absolute atomic E-state index is 0.0176. The van der Waals surface area contributed by atoms with Crippen molar-refractivity contribution in [1.82, 2.24) is 25.8 Å². The number of methoxy groups -OCH3 is 2. The molecule has 1 heterocycles. The highest BCUT2D eigenvalue weighted by Crippen LogP contribution is 2.30. The lowest BCUT2D eigenvalue weighted by atomic mass is 9.83. The molecule has 12 heteroatoms. The van der Waals surface area contributed by atoms with E-state index in [1.807, 2.05) is 92.6 Å². The van der Waals surface area contributed by atoms with Crippen LogP contribution in [0, 0.1) is 29.1 Å². The van der Waals surface area contributed by atoms with E-state index in [2.05, 4.69) is 16.0 Å². The van der Waals surface area contributed by atoms with Gasteiger partial charge in [0.05, 0.1) is 48.7 Å². The summed E-state index contributed by atoms with van der Waals surface area (Å²) in [6.07, 6.45) is 1.26. The molecule has 312 valence electrons. The number of rotatable bonds is 21.